The van der Waals surface area contributed by atoms with Crippen LogP contribution in [0.5, 0.6) is 0 Å². The Morgan fingerprint density at radius 1 is 1.37 bits per heavy atom. The van der Waals surface area contributed by atoms with Crippen LogP contribution in [0.15, 0.2) is 24.3 Å². The van der Waals surface area contributed by atoms with Crippen LogP contribution in [-0.4, -0.2) is 10.9 Å². The van der Waals surface area contributed by atoms with Crippen molar-refractivity contribution in [2.75, 3.05) is 11.1 Å². The van der Waals surface area contributed by atoms with Gasteiger partial charge in [-0.3, -0.25) is 4.79 Å². The van der Waals surface area contributed by atoms with Gasteiger partial charge in [0.15, 0.2) is 5.13 Å². The van der Waals surface area contributed by atoms with E-state index in [0.29, 0.717) is 15.8 Å². The van der Waals surface area contributed by atoms with Gasteiger partial charge in [-0.05, 0) is 24.3 Å². The smallest absolute Gasteiger partial charge is 0.228 e. The molecule has 0 bridgehead atoms. The first kappa shape index (κ1) is 13.5. The molecule has 1 amide bonds. The number of anilines is 2. The van der Waals surface area contributed by atoms with Gasteiger partial charge >= 0.3 is 0 Å². The maximum atomic E-state index is 12.9. The van der Waals surface area contributed by atoms with Crippen molar-refractivity contribution in [3.05, 3.63) is 30.1 Å². The van der Waals surface area contributed by atoms with Gasteiger partial charge in [-0.2, -0.15) is 0 Å². The number of hydrogen-bond donors (Lipinski definition) is 2. The Bertz CT molecular complexity index is 592. The fourth-order valence-corrected chi connectivity index (χ4v) is 2.21. The Morgan fingerprint density at radius 3 is 2.58 bits per heavy atom. The molecule has 3 N–H and O–H groups in total. The molecule has 0 aliphatic carbocycles. The number of aromatic nitrogens is 1. The van der Waals surface area contributed by atoms with Gasteiger partial charge in [-0.15, -0.1) is 0 Å². The number of nitrogens with zero attached hydrogens (tertiary/aromatic N) is 1. The molecule has 0 spiro atoms. The van der Waals surface area contributed by atoms with E-state index in [9.17, 15) is 9.18 Å². The van der Waals surface area contributed by atoms with Crippen molar-refractivity contribution in [2.24, 2.45) is 5.92 Å². The van der Waals surface area contributed by atoms with Crippen LogP contribution in [0.25, 0.3) is 11.3 Å². The lowest BCUT2D eigenvalue weighted by Crippen LogP contribution is -2.17. The summed E-state index contributed by atoms with van der Waals surface area (Å²) in [4.78, 5) is 15.9. The molecule has 0 radical (unpaired) electrons. The summed E-state index contributed by atoms with van der Waals surface area (Å²) in [6, 6.07) is 5.91. The van der Waals surface area contributed by atoms with Crippen LogP contribution in [-0.2, 0) is 4.79 Å². The molecule has 1 aromatic carbocycles. The SMILES string of the molecule is CC(C)C(=O)Nc1nc(-c2ccc(F)cc2)c(N)s1. The lowest BCUT2D eigenvalue weighted by atomic mass is 10.1. The van der Waals surface area contributed by atoms with Crippen LogP contribution >= 0.6 is 11.3 Å². The molecule has 1 aromatic heterocycles. The Balaban J connectivity index is 2.26. The van der Waals surface area contributed by atoms with Crippen molar-refractivity contribution >= 4 is 27.4 Å². The zero-order valence-electron chi connectivity index (χ0n) is 10.6. The molecule has 0 atom stereocenters. The van der Waals surface area contributed by atoms with Gasteiger partial charge in [-0.1, -0.05) is 25.2 Å². The Morgan fingerprint density at radius 2 is 2.00 bits per heavy atom. The van der Waals surface area contributed by atoms with E-state index in [1.165, 1.54) is 23.5 Å². The van der Waals surface area contributed by atoms with Crippen molar-refractivity contribution in [1.82, 2.24) is 4.98 Å². The molecule has 2 rings (SSSR count). The Labute approximate surface area is 114 Å². The number of nitrogens with two attached hydrogens (primary N) is 1. The number of carbonyl (C=O) groups is 1. The second-order valence-corrected chi connectivity index (χ2v) is 5.41. The van der Waals surface area contributed by atoms with Crippen LogP contribution in [0.4, 0.5) is 14.5 Å². The summed E-state index contributed by atoms with van der Waals surface area (Å²) in [5.74, 6) is -0.551. The van der Waals surface area contributed by atoms with Crippen LogP contribution in [0.3, 0.4) is 0 Å². The van der Waals surface area contributed by atoms with E-state index >= 15 is 0 Å². The van der Waals surface area contributed by atoms with Crippen molar-refractivity contribution in [3.8, 4) is 11.3 Å². The number of benzene rings is 1. The number of rotatable bonds is 3. The van der Waals surface area contributed by atoms with E-state index < -0.39 is 0 Å². The molecule has 6 heteroatoms. The number of carbonyl (C=O) groups excluding carboxylic acids is 1. The van der Waals surface area contributed by atoms with Crippen molar-refractivity contribution in [1.29, 1.82) is 0 Å². The van der Waals surface area contributed by atoms with Crippen LogP contribution in [0, 0.1) is 11.7 Å². The van der Waals surface area contributed by atoms with Crippen LogP contribution in [0.1, 0.15) is 13.8 Å². The minimum atomic E-state index is -0.314. The van der Waals surface area contributed by atoms with Gasteiger partial charge in [0.25, 0.3) is 0 Å². The minimum absolute atomic E-state index is 0.112. The van der Waals surface area contributed by atoms with Gasteiger partial charge < -0.3 is 11.1 Å². The van der Waals surface area contributed by atoms with Crippen LogP contribution < -0.4 is 11.1 Å². The molecule has 0 unspecified atom stereocenters. The molecule has 2 aromatic rings. The summed E-state index contributed by atoms with van der Waals surface area (Å²) in [7, 11) is 0. The van der Waals surface area contributed by atoms with E-state index in [1.807, 2.05) is 0 Å². The predicted octanol–water partition coefficient (Wildman–Crippen LogP) is 3.13. The average molecular weight is 279 g/mol. The fraction of sp³-hybridized carbons (Fsp3) is 0.231. The van der Waals surface area contributed by atoms with E-state index in [4.69, 9.17) is 5.73 Å². The van der Waals surface area contributed by atoms with E-state index in [2.05, 4.69) is 10.3 Å². The molecule has 100 valence electrons. The third-order valence-electron chi connectivity index (χ3n) is 2.53. The molecule has 0 aliphatic rings. The second kappa shape index (κ2) is 5.36. The number of nitrogen functional groups attached to an aromatic ring is 1. The van der Waals surface area contributed by atoms with Crippen molar-refractivity contribution in [2.45, 2.75) is 13.8 Å². The average Bonchev–Trinajstić information content (AvgIpc) is 2.71. The molecular formula is C13H14FN3OS. The van der Waals surface area contributed by atoms with Gasteiger partial charge in [0.2, 0.25) is 5.91 Å². The molecule has 1 heterocycles. The number of hydrogen-bond acceptors (Lipinski definition) is 4. The third kappa shape index (κ3) is 3.08. The number of halogens is 1. The monoisotopic (exact) mass is 279 g/mol. The number of nitrogens with one attached hydrogen (secondary N) is 1. The van der Waals surface area contributed by atoms with Gasteiger partial charge in [0.1, 0.15) is 16.5 Å². The van der Waals surface area contributed by atoms with Gasteiger partial charge in [0, 0.05) is 11.5 Å². The van der Waals surface area contributed by atoms with E-state index in [1.54, 1.807) is 26.0 Å². The molecule has 19 heavy (non-hydrogen) atoms. The molecule has 4 nitrogen and oxygen atoms in total. The van der Waals surface area contributed by atoms with Gasteiger partial charge in [-0.25, -0.2) is 9.37 Å². The highest BCUT2D eigenvalue weighted by Gasteiger charge is 2.14. The standard InChI is InChI=1S/C13H14FN3OS/c1-7(2)12(18)17-13-16-10(11(15)19-13)8-3-5-9(14)6-4-8/h3-7H,15H2,1-2H3,(H,16,17,18). The molecule has 0 saturated carbocycles. The summed E-state index contributed by atoms with van der Waals surface area (Å²) in [5, 5.41) is 3.64. The first-order valence-corrected chi connectivity index (χ1v) is 6.62. The Hall–Kier alpha value is -1.95. The summed E-state index contributed by atoms with van der Waals surface area (Å²) in [6.45, 7) is 3.60. The fourth-order valence-electron chi connectivity index (χ4n) is 1.45. The number of amides is 1. The van der Waals surface area contributed by atoms with Crippen molar-refractivity contribution < 1.29 is 9.18 Å². The summed E-state index contributed by atoms with van der Waals surface area (Å²) < 4.78 is 12.9. The third-order valence-corrected chi connectivity index (χ3v) is 3.33. The maximum absolute atomic E-state index is 12.9. The molecule has 0 fully saturated rings. The normalized spacial score (nSPS) is 10.7. The number of thiazole rings is 1. The highest BCUT2D eigenvalue weighted by molar-refractivity contribution is 7.20. The molecule has 0 saturated heterocycles. The highest BCUT2D eigenvalue weighted by Crippen LogP contribution is 2.33. The second-order valence-electron chi connectivity index (χ2n) is 4.38. The lowest BCUT2D eigenvalue weighted by molar-refractivity contribution is -0.118. The molecule has 0 aliphatic heterocycles. The Kier molecular flexibility index (Phi) is 3.80. The predicted molar refractivity (Wildman–Crippen MR) is 75.4 cm³/mol. The summed E-state index contributed by atoms with van der Waals surface area (Å²) >= 11 is 1.20. The van der Waals surface area contributed by atoms with E-state index in [-0.39, 0.29) is 17.6 Å². The maximum Gasteiger partial charge on any atom is 0.228 e. The van der Waals surface area contributed by atoms with E-state index in [0.717, 1.165) is 5.56 Å². The first-order valence-electron chi connectivity index (χ1n) is 5.80. The van der Waals surface area contributed by atoms with Crippen LogP contribution in [0.2, 0.25) is 0 Å². The quantitative estimate of drug-likeness (QED) is 0.907. The zero-order chi connectivity index (χ0) is 14.0. The largest absolute Gasteiger partial charge is 0.389 e. The summed E-state index contributed by atoms with van der Waals surface area (Å²) in [6.07, 6.45) is 0. The minimum Gasteiger partial charge on any atom is -0.389 e. The van der Waals surface area contributed by atoms with Crippen molar-refractivity contribution in [3.63, 3.8) is 0 Å². The topological polar surface area (TPSA) is 68.0 Å². The zero-order valence-corrected chi connectivity index (χ0v) is 11.4. The van der Waals surface area contributed by atoms with Gasteiger partial charge in [0.05, 0.1) is 0 Å². The lowest BCUT2D eigenvalue weighted by Gasteiger charge is -2.03. The highest BCUT2D eigenvalue weighted by atomic mass is 32.1. The molecular weight excluding hydrogens is 265 g/mol. The summed E-state index contributed by atoms with van der Waals surface area (Å²) in [5.41, 5.74) is 7.16. The first-order chi connectivity index (χ1) is 8.97.